The average Bonchev–Trinajstić information content (AvgIpc) is 2.86. The molecule has 7 heteroatoms. The Morgan fingerprint density at radius 3 is 2.00 bits per heavy atom. The quantitative estimate of drug-likeness (QED) is 0.334. The van der Waals surface area contributed by atoms with Crippen LogP contribution in [0.3, 0.4) is 0 Å². The maximum atomic E-state index is 12.3. The third kappa shape index (κ3) is 7.92. The molecule has 3 aromatic carbocycles. The van der Waals surface area contributed by atoms with Crippen molar-refractivity contribution in [3.05, 3.63) is 90.0 Å². The summed E-state index contributed by atoms with van der Waals surface area (Å²) in [6.07, 6.45) is 0.409. The van der Waals surface area contributed by atoms with Gasteiger partial charge in [-0.2, -0.15) is 0 Å². The topological polar surface area (TPSA) is 102 Å². The third-order valence-electron chi connectivity index (χ3n) is 5.10. The maximum Gasteiger partial charge on any atom is 0.325 e. The molecule has 0 heterocycles. The maximum absolute atomic E-state index is 12.3. The summed E-state index contributed by atoms with van der Waals surface area (Å²) in [5, 5.41) is 5.26. The van der Waals surface area contributed by atoms with E-state index in [1.807, 2.05) is 56.3 Å². The Labute approximate surface area is 204 Å². The molecule has 0 aliphatic heterocycles. The molecule has 2 amide bonds. The van der Waals surface area contributed by atoms with Crippen molar-refractivity contribution < 1.29 is 23.9 Å². The summed E-state index contributed by atoms with van der Waals surface area (Å²) in [4.78, 5) is 48.4. The molecule has 0 aromatic heterocycles. The number of hydrogen-bond acceptors (Lipinski definition) is 5. The zero-order valence-corrected chi connectivity index (χ0v) is 19.7. The molecular weight excluding hydrogens is 444 g/mol. The van der Waals surface area contributed by atoms with Crippen molar-refractivity contribution in [3.63, 3.8) is 0 Å². The molecule has 0 radical (unpaired) electrons. The lowest BCUT2D eigenvalue weighted by molar-refractivity contribution is -0.141. The van der Waals surface area contributed by atoms with Crippen LogP contribution in [-0.2, 0) is 14.3 Å². The van der Waals surface area contributed by atoms with E-state index in [0.29, 0.717) is 23.2 Å². The van der Waals surface area contributed by atoms with Crippen molar-refractivity contribution in [1.29, 1.82) is 0 Å². The van der Waals surface area contributed by atoms with Crippen molar-refractivity contribution in [3.8, 4) is 11.1 Å². The van der Waals surface area contributed by atoms with Gasteiger partial charge in [-0.1, -0.05) is 56.3 Å². The predicted octanol–water partition coefficient (Wildman–Crippen LogP) is 4.49. The van der Waals surface area contributed by atoms with Gasteiger partial charge >= 0.3 is 5.97 Å². The third-order valence-corrected chi connectivity index (χ3v) is 5.10. The second kappa shape index (κ2) is 12.3. The number of benzene rings is 3. The first-order valence-electron chi connectivity index (χ1n) is 11.3. The molecule has 2 N–H and O–H groups in total. The second-order valence-corrected chi connectivity index (χ2v) is 8.43. The SMILES string of the molecule is CC(C)CC(=O)Nc1ccc(C(=O)COC(=O)CNC(=O)c2ccc(-c3ccccc3)cc2)cc1. The highest BCUT2D eigenvalue weighted by Gasteiger charge is 2.13. The van der Waals surface area contributed by atoms with Gasteiger partial charge in [-0.3, -0.25) is 19.2 Å². The molecule has 0 saturated carbocycles. The molecule has 3 rings (SSSR count). The Balaban J connectivity index is 1.42. The number of anilines is 1. The summed E-state index contributed by atoms with van der Waals surface area (Å²) in [7, 11) is 0. The van der Waals surface area contributed by atoms with E-state index in [-0.39, 0.29) is 24.2 Å². The van der Waals surface area contributed by atoms with Gasteiger partial charge < -0.3 is 15.4 Å². The van der Waals surface area contributed by atoms with Gasteiger partial charge in [0.2, 0.25) is 5.91 Å². The number of ketones is 1. The highest BCUT2D eigenvalue weighted by atomic mass is 16.5. The van der Waals surface area contributed by atoms with Crippen LogP contribution in [0.2, 0.25) is 0 Å². The summed E-state index contributed by atoms with van der Waals surface area (Å²) >= 11 is 0. The lowest BCUT2D eigenvalue weighted by Crippen LogP contribution is -2.31. The predicted molar refractivity (Wildman–Crippen MR) is 134 cm³/mol. The van der Waals surface area contributed by atoms with Gasteiger partial charge in [-0.25, -0.2) is 0 Å². The first-order valence-corrected chi connectivity index (χ1v) is 11.3. The van der Waals surface area contributed by atoms with Crippen LogP contribution in [0.25, 0.3) is 11.1 Å². The second-order valence-electron chi connectivity index (χ2n) is 8.43. The molecule has 0 bridgehead atoms. The normalized spacial score (nSPS) is 10.5. The fourth-order valence-corrected chi connectivity index (χ4v) is 3.30. The number of esters is 1. The van der Waals surface area contributed by atoms with E-state index in [0.717, 1.165) is 11.1 Å². The molecule has 3 aromatic rings. The smallest absolute Gasteiger partial charge is 0.325 e. The summed E-state index contributed by atoms with van der Waals surface area (Å²) in [6.45, 7) is 3.11. The molecule has 7 nitrogen and oxygen atoms in total. The Kier molecular flexibility index (Phi) is 8.89. The first kappa shape index (κ1) is 25.4. The van der Waals surface area contributed by atoms with Crippen LogP contribution in [-0.4, -0.2) is 36.7 Å². The molecule has 0 fully saturated rings. The zero-order chi connectivity index (χ0) is 25.2. The van der Waals surface area contributed by atoms with Crippen LogP contribution in [0.5, 0.6) is 0 Å². The number of nitrogens with one attached hydrogen (secondary N) is 2. The molecule has 0 aliphatic carbocycles. The van der Waals surface area contributed by atoms with Crippen LogP contribution < -0.4 is 10.6 Å². The Hall–Kier alpha value is -4.26. The fraction of sp³-hybridized carbons (Fsp3) is 0.214. The number of Topliss-reactive ketones (excluding diaryl/α,β-unsaturated/α-hetero) is 1. The number of rotatable bonds is 10. The largest absolute Gasteiger partial charge is 0.456 e. The first-order chi connectivity index (χ1) is 16.8. The minimum atomic E-state index is -0.717. The van der Waals surface area contributed by atoms with Crippen molar-refractivity contribution in [1.82, 2.24) is 5.32 Å². The lowest BCUT2D eigenvalue weighted by Gasteiger charge is -2.09. The van der Waals surface area contributed by atoms with E-state index >= 15 is 0 Å². The van der Waals surface area contributed by atoms with Crippen LogP contribution in [0.15, 0.2) is 78.9 Å². The van der Waals surface area contributed by atoms with E-state index in [2.05, 4.69) is 10.6 Å². The molecule has 0 spiro atoms. The number of carbonyl (C=O) groups is 4. The zero-order valence-electron chi connectivity index (χ0n) is 19.7. The van der Waals surface area contributed by atoms with Crippen LogP contribution in [0, 0.1) is 5.92 Å². The van der Waals surface area contributed by atoms with Crippen molar-refractivity contribution in [2.45, 2.75) is 20.3 Å². The highest BCUT2D eigenvalue weighted by molar-refractivity contribution is 5.99. The molecule has 180 valence electrons. The molecule has 0 unspecified atom stereocenters. The Morgan fingerprint density at radius 2 is 1.37 bits per heavy atom. The lowest BCUT2D eigenvalue weighted by atomic mass is 10.0. The van der Waals surface area contributed by atoms with Gasteiger partial charge in [-0.05, 0) is 53.4 Å². The van der Waals surface area contributed by atoms with Gasteiger partial charge in [0, 0.05) is 23.2 Å². The van der Waals surface area contributed by atoms with Gasteiger partial charge in [0.25, 0.3) is 5.91 Å². The number of amides is 2. The number of hydrogen-bond donors (Lipinski definition) is 2. The fourth-order valence-electron chi connectivity index (χ4n) is 3.30. The van der Waals surface area contributed by atoms with Gasteiger partial charge in [-0.15, -0.1) is 0 Å². The minimum Gasteiger partial charge on any atom is -0.456 e. The molecule has 0 atom stereocenters. The van der Waals surface area contributed by atoms with Crippen LogP contribution in [0.4, 0.5) is 5.69 Å². The van der Waals surface area contributed by atoms with Gasteiger partial charge in [0.15, 0.2) is 12.4 Å². The number of carbonyl (C=O) groups excluding carboxylic acids is 4. The van der Waals surface area contributed by atoms with E-state index in [1.54, 1.807) is 36.4 Å². The average molecular weight is 473 g/mol. The standard InChI is InChI=1S/C28H28N2O5/c1-19(2)16-26(32)30-24-14-12-22(13-15-24)25(31)18-35-27(33)17-29-28(34)23-10-8-21(9-11-23)20-6-4-3-5-7-20/h3-15,19H,16-18H2,1-2H3,(H,29,34)(H,30,32). The van der Waals surface area contributed by atoms with Gasteiger partial charge in [0.05, 0.1) is 0 Å². The van der Waals surface area contributed by atoms with Crippen LogP contribution >= 0.6 is 0 Å². The van der Waals surface area contributed by atoms with E-state index in [1.165, 1.54) is 0 Å². The summed E-state index contributed by atoms with van der Waals surface area (Å²) in [6, 6.07) is 23.2. The minimum absolute atomic E-state index is 0.0952. The summed E-state index contributed by atoms with van der Waals surface area (Å²) < 4.78 is 4.99. The molecule has 0 aliphatic rings. The van der Waals surface area contributed by atoms with E-state index in [4.69, 9.17) is 4.74 Å². The van der Waals surface area contributed by atoms with E-state index in [9.17, 15) is 19.2 Å². The highest BCUT2D eigenvalue weighted by Crippen LogP contribution is 2.19. The molecule has 0 saturated heterocycles. The molecular formula is C28H28N2O5. The van der Waals surface area contributed by atoms with Crippen molar-refractivity contribution in [2.75, 3.05) is 18.5 Å². The van der Waals surface area contributed by atoms with Gasteiger partial charge in [0.1, 0.15) is 6.54 Å². The Bertz CT molecular complexity index is 1170. The van der Waals surface area contributed by atoms with E-state index < -0.39 is 18.5 Å². The Morgan fingerprint density at radius 1 is 0.771 bits per heavy atom. The monoisotopic (exact) mass is 472 g/mol. The summed E-state index contributed by atoms with van der Waals surface area (Å²) in [5.74, 6) is -1.37. The number of ether oxygens (including phenoxy) is 1. The van der Waals surface area contributed by atoms with Crippen molar-refractivity contribution >= 4 is 29.3 Å². The molecule has 35 heavy (non-hydrogen) atoms. The summed E-state index contributed by atoms with van der Waals surface area (Å²) in [5.41, 5.74) is 3.37. The van der Waals surface area contributed by atoms with Crippen LogP contribution in [0.1, 0.15) is 41.0 Å². The van der Waals surface area contributed by atoms with Crippen molar-refractivity contribution in [2.24, 2.45) is 5.92 Å².